The molecule has 1 atom stereocenters. The molecule has 0 aromatic heterocycles. The molecule has 0 radical (unpaired) electrons. The van der Waals surface area contributed by atoms with Crippen molar-refractivity contribution in [3.63, 3.8) is 0 Å². The van der Waals surface area contributed by atoms with Crippen molar-refractivity contribution in [1.29, 1.82) is 0 Å². The third kappa shape index (κ3) is 2.71. The van der Waals surface area contributed by atoms with E-state index in [0.29, 0.717) is 18.2 Å². The minimum atomic E-state index is -4.29. The average molecular weight is 258 g/mol. The molecule has 2 N–H and O–H groups in total. The van der Waals surface area contributed by atoms with Crippen LogP contribution < -0.4 is 10.6 Å². The van der Waals surface area contributed by atoms with Gasteiger partial charge in [-0.15, -0.1) is 0 Å². The smallest absolute Gasteiger partial charge is 0.383 e. The van der Waals surface area contributed by atoms with E-state index in [-0.39, 0.29) is 6.04 Å². The lowest BCUT2D eigenvalue weighted by atomic mass is 10.0. The third-order valence-electron chi connectivity index (χ3n) is 3.26. The van der Waals surface area contributed by atoms with Gasteiger partial charge in [0.1, 0.15) is 0 Å². The van der Waals surface area contributed by atoms with E-state index in [1.54, 1.807) is 0 Å². The molecule has 0 spiro atoms. The molecule has 1 aromatic carbocycles. The normalized spacial score (nSPS) is 19.8. The zero-order valence-corrected chi connectivity index (χ0v) is 10.4. The summed E-state index contributed by atoms with van der Waals surface area (Å²) < 4.78 is 37.8. The van der Waals surface area contributed by atoms with Gasteiger partial charge in [-0.1, -0.05) is 13.8 Å². The second kappa shape index (κ2) is 4.71. The van der Waals surface area contributed by atoms with Crippen LogP contribution in [0.4, 0.5) is 24.5 Å². The Morgan fingerprint density at radius 2 is 1.94 bits per heavy atom. The molecule has 1 unspecified atom stereocenters. The Bertz CT molecular complexity index is 427. The SMILES string of the molecule is CC(C)C1CCNc2cc(C(F)(F)F)ccc2N1. The van der Waals surface area contributed by atoms with E-state index >= 15 is 0 Å². The van der Waals surface area contributed by atoms with Crippen LogP contribution in [0.15, 0.2) is 18.2 Å². The Morgan fingerprint density at radius 3 is 2.56 bits per heavy atom. The molecule has 1 heterocycles. The fraction of sp³-hybridized carbons (Fsp3) is 0.538. The first-order valence-corrected chi connectivity index (χ1v) is 6.09. The fourth-order valence-electron chi connectivity index (χ4n) is 2.13. The molecule has 0 saturated carbocycles. The second-order valence-electron chi connectivity index (χ2n) is 4.97. The van der Waals surface area contributed by atoms with E-state index in [4.69, 9.17) is 0 Å². The van der Waals surface area contributed by atoms with Crippen LogP contribution in [-0.4, -0.2) is 12.6 Å². The molecule has 5 heteroatoms. The number of hydrogen-bond acceptors (Lipinski definition) is 2. The van der Waals surface area contributed by atoms with Gasteiger partial charge < -0.3 is 10.6 Å². The van der Waals surface area contributed by atoms with Crippen LogP contribution in [-0.2, 0) is 6.18 Å². The van der Waals surface area contributed by atoms with Crippen LogP contribution in [0.1, 0.15) is 25.8 Å². The van der Waals surface area contributed by atoms with Crippen LogP contribution in [0.25, 0.3) is 0 Å². The molecule has 0 fully saturated rings. The Balaban J connectivity index is 2.30. The Labute approximate surface area is 105 Å². The maximum Gasteiger partial charge on any atom is 0.416 e. The largest absolute Gasteiger partial charge is 0.416 e. The summed E-state index contributed by atoms with van der Waals surface area (Å²) in [6, 6.07) is 4.09. The number of alkyl halides is 3. The highest BCUT2D eigenvalue weighted by atomic mass is 19.4. The predicted octanol–water partition coefficient (Wildman–Crippen LogP) is 3.96. The van der Waals surface area contributed by atoms with Crippen LogP contribution >= 0.6 is 0 Å². The number of rotatable bonds is 1. The molecule has 0 bridgehead atoms. The van der Waals surface area contributed by atoms with Crippen LogP contribution in [0, 0.1) is 5.92 Å². The highest BCUT2D eigenvalue weighted by molar-refractivity contribution is 5.71. The van der Waals surface area contributed by atoms with Crippen molar-refractivity contribution in [3.05, 3.63) is 23.8 Å². The monoisotopic (exact) mass is 258 g/mol. The van der Waals surface area contributed by atoms with Crippen molar-refractivity contribution < 1.29 is 13.2 Å². The summed E-state index contributed by atoms with van der Waals surface area (Å²) in [5.41, 5.74) is 0.672. The van der Waals surface area contributed by atoms with E-state index in [0.717, 1.165) is 18.2 Å². The molecule has 0 amide bonds. The van der Waals surface area contributed by atoms with Crippen LogP contribution in [0.3, 0.4) is 0 Å². The number of anilines is 2. The van der Waals surface area contributed by atoms with Crippen molar-refractivity contribution in [2.75, 3.05) is 17.2 Å². The molecule has 2 nitrogen and oxygen atoms in total. The maximum atomic E-state index is 12.6. The molecule has 1 aliphatic rings. The van der Waals surface area contributed by atoms with Gasteiger partial charge in [-0.3, -0.25) is 0 Å². The number of fused-ring (bicyclic) bond motifs is 1. The Hall–Kier alpha value is -1.39. The summed E-state index contributed by atoms with van der Waals surface area (Å²) in [5.74, 6) is 0.444. The quantitative estimate of drug-likeness (QED) is 0.796. The topological polar surface area (TPSA) is 24.1 Å². The van der Waals surface area contributed by atoms with Gasteiger partial charge in [-0.25, -0.2) is 0 Å². The standard InChI is InChI=1S/C13H17F3N2/c1-8(2)10-5-6-17-12-7-9(13(14,15)16)3-4-11(12)18-10/h3-4,7-8,10,17-18H,5-6H2,1-2H3. The summed E-state index contributed by atoms with van der Waals surface area (Å²) in [6.45, 7) is 4.89. The van der Waals surface area contributed by atoms with Crippen molar-refractivity contribution in [1.82, 2.24) is 0 Å². The zero-order chi connectivity index (χ0) is 13.3. The summed E-state index contributed by atoms with van der Waals surface area (Å²) in [5, 5.41) is 6.37. The molecular formula is C13H17F3N2. The molecule has 1 aromatic rings. The van der Waals surface area contributed by atoms with Gasteiger partial charge in [0.15, 0.2) is 0 Å². The summed E-state index contributed by atoms with van der Waals surface area (Å²) in [7, 11) is 0. The number of benzene rings is 1. The first-order valence-electron chi connectivity index (χ1n) is 6.09. The number of halogens is 3. The molecule has 0 saturated heterocycles. The van der Waals surface area contributed by atoms with Gasteiger partial charge in [0.2, 0.25) is 0 Å². The number of hydrogen-bond donors (Lipinski definition) is 2. The van der Waals surface area contributed by atoms with Crippen LogP contribution in [0.2, 0.25) is 0 Å². The molecule has 1 aliphatic heterocycles. The highest BCUT2D eigenvalue weighted by Gasteiger charge is 2.31. The predicted molar refractivity (Wildman–Crippen MR) is 66.8 cm³/mol. The summed E-state index contributed by atoms with van der Waals surface area (Å²) in [4.78, 5) is 0. The lowest BCUT2D eigenvalue weighted by Crippen LogP contribution is -2.25. The molecule has 100 valence electrons. The van der Waals surface area contributed by atoms with Gasteiger partial charge in [0, 0.05) is 12.6 Å². The minimum absolute atomic E-state index is 0.287. The molecular weight excluding hydrogens is 241 g/mol. The Kier molecular flexibility index (Phi) is 3.41. The van der Waals surface area contributed by atoms with Crippen molar-refractivity contribution in [2.24, 2.45) is 5.92 Å². The van der Waals surface area contributed by atoms with Gasteiger partial charge in [0.25, 0.3) is 0 Å². The van der Waals surface area contributed by atoms with Crippen molar-refractivity contribution >= 4 is 11.4 Å². The van der Waals surface area contributed by atoms with Gasteiger partial charge >= 0.3 is 6.18 Å². The minimum Gasteiger partial charge on any atom is -0.383 e. The zero-order valence-electron chi connectivity index (χ0n) is 10.4. The van der Waals surface area contributed by atoms with E-state index in [1.807, 2.05) is 0 Å². The lowest BCUT2D eigenvalue weighted by Gasteiger charge is -2.21. The fourth-order valence-corrected chi connectivity index (χ4v) is 2.13. The Morgan fingerprint density at radius 1 is 1.22 bits per heavy atom. The highest BCUT2D eigenvalue weighted by Crippen LogP contribution is 2.35. The van der Waals surface area contributed by atoms with E-state index < -0.39 is 11.7 Å². The summed E-state index contributed by atoms with van der Waals surface area (Å²) in [6.07, 6.45) is -3.39. The van der Waals surface area contributed by atoms with E-state index in [2.05, 4.69) is 24.5 Å². The summed E-state index contributed by atoms with van der Waals surface area (Å²) >= 11 is 0. The van der Waals surface area contributed by atoms with Crippen LogP contribution in [0.5, 0.6) is 0 Å². The van der Waals surface area contributed by atoms with Crippen molar-refractivity contribution in [3.8, 4) is 0 Å². The lowest BCUT2D eigenvalue weighted by molar-refractivity contribution is -0.137. The third-order valence-corrected chi connectivity index (χ3v) is 3.26. The van der Waals surface area contributed by atoms with E-state index in [9.17, 15) is 13.2 Å². The number of nitrogens with one attached hydrogen (secondary N) is 2. The molecule has 2 rings (SSSR count). The second-order valence-corrected chi connectivity index (χ2v) is 4.97. The van der Waals surface area contributed by atoms with E-state index in [1.165, 1.54) is 12.1 Å². The maximum absolute atomic E-state index is 12.6. The van der Waals surface area contributed by atoms with Gasteiger partial charge in [0.05, 0.1) is 16.9 Å². The van der Waals surface area contributed by atoms with Gasteiger partial charge in [-0.05, 0) is 30.5 Å². The first-order chi connectivity index (χ1) is 8.38. The van der Waals surface area contributed by atoms with Gasteiger partial charge in [-0.2, -0.15) is 13.2 Å². The average Bonchev–Trinajstić information content (AvgIpc) is 2.48. The first kappa shape index (κ1) is 13.1. The van der Waals surface area contributed by atoms with Crippen molar-refractivity contribution in [2.45, 2.75) is 32.5 Å². The molecule has 0 aliphatic carbocycles. The molecule has 18 heavy (non-hydrogen) atoms.